The zero-order valence-electron chi connectivity index (χ0n) is 16.8. The number of benzene rings is 2. The van der Waals surface area contributed by atoms with Crippen molar-refractivity contribution in [2.45, 2.75) is 19.4 Å². The molecule has 0 aliphatic carbocycles. The van der Waals surface area contributed by atoms with Gasteiger partial charge in [0.1, 0.15) is 0 Å². The summed E-state index contributed by atoms with van der Waals surface area (Å²) in [6.07, 6.45) is 8.20. The molecule has 5 heteroatoms. The minimum absolute atomic E-state index is 0.0164. The van der Waals surface area contributed by atoms with Gasteiger partial charge < -0.3 is 10.5 Å². The predicted molar refractivity (Wildman–Crippen MR) is 120 cm³/mol. The lowest BCUT2D eigenvalue weighted by molar-refractivity contribution is 0.0951. The fourth-order valence-electron chi connectivity index (χ4n) is 4.12. The van der Waals surface area contributed by atoms with Crippen molar-refractivity contribution >= 4 is 18.2 Å². The average molecular weight is 385 g/mol. The molecule has 2 aromatic rings. The molecule has 148 valence electrons. The zero-order chi connectivity index (χ0) is 19.9. The number of likely N-dealkylation sites (tertiary alicyclic amines) is 1. The first-order valence-corrected chi connectivity index (χ1v) is 10.5. The highest BCUT2D eigenvalue weighted by atomic mass is 16.1. The zero-order valence-corrected chi connectivity index (χ0v) is 16.8. The first-order chi connectivity index (χ1) is 14.3. The summed E-state index contributed by atoms with van der Waals surface area (Å²) in [5.74, 6) is 2.79. The highest BCUT2D eigenvalue weighted by molar-refractivity contribution is 6.76. The molecule has 2 aromatic carbocycles. The van der Waals surface area contributed by atoms with Gasteiger partial charge in [-0.2, -0.15) is 0 Å². The Morgan fingerprint density at radius 1 is 1.10 bits per heavy atom. The van der Waals surface area contributed by atoms with E-state index in [9.17, 15) is 4.79 Å². The van der Waals surface area contributed by atoms with E-state index in [4.69, 9.17) is 0 Å². The Bertz CT molecular complexity index is 863. The van der Waals surface area contributed by atoms with E-state index in [0.29, 0.717) is 5.92 Å². The van der Waals surface area contributed by atoms with E-state index in [1.54, 1.807) is 0 Å². The van der Waals surface area contributed by atoms with Crippen LogP contribution >= 0.6 is 0 Å². The highest BCUT2D eigenvalue weighted by Gasteiger charge is 2.22. The van der Waals surface area contributed by atoms with Crippen LogP contribution in [0.5, 0.6) is 0 Å². The SMILES string of the molecule is O=C(NCCC1CCN(Cc2ccccc2)C1)c1ccc(B2C=CC=CN2)cc1. The molecule has 1 unspecified atom stereocenters. The van der Waals surface area contributed by atoms with Crippen LogP contribution in [0.1, 0.15) is 28.8 Å². The number of hydrogen-bond donors (Lipinski definition) is 2. The van der Waals surface area contributed by atoms with E-state index in [1.165, 1.54) is 12.0 Å². The average Bonchev–Trinajstić information content (AvgIpc) is 3.22. The molecule has 29 heavy (non-hydrogen) atoms. The van der Waals surface area contributed by atoms with Gasteiger partial charge in [0.25, 0.3) is 5.91 Å². The minimum atomic E-state index is 0.0164. The molecule has 0 bridgehead atoms. The molecule has 2 heterocycles. The second-order valence-electron chi connectivity index (χ2n) is 7.93. The second-order valence-corrected chi connectivity index (χ2v) is 7.93. The summed E-state index contributed by atoms with van der Waals surface area (Å²) in [5, 5.41) is 6.39. The van der Waals surface area contributed by atoms with Crippen LogP contribution in [0.25, 0.3) is 0 Å². The van der Waals surface area contributed by atoms with E-state index >= 15 is 0 Å². The van der Waals surface area contributed by atoms with Crippen LogP contribution in [-0.2, 0) is 6.54 Å². The first kappa shape index (κ1) is 19.5. The topological polar surface area (TPSA) is 44.4 Å². The molecule has 2 aliphatic heterocycles. The number of rotatable bonds is 7. The molecule has 1 saturated heterocycles. The van der Waals surface area contributed by atoms with Crippen LogP contribution in [0.15, 0.2) is 78.9 Å². The lowest BCUT2D eigenvalue weighted by atomic mass is 9.55. The number of carbonyl (C=O) groups is 1. The molecule has 0 aromatic heterocycles. The third-order valence-corrected chi connectivity index (χ3v) is 5.78. The van der Waals surface area contributed by atoms with Crippen molar-refractivity contribution in [1.82, 2.24) is 15.4 Å². The molecule has 2 aliphatic rings. The van der Waals surface area contributed by atoms with Crippen LogP contribution in [0, 0.1) is 5.92 Å². The molecule has 1 amide bonds. The highest BCUT2D eigenvalue weighted by Crippen LogP contribution is 2.21. The van der Waals surface area contributed by atoms with E-state index in [1.807, 2.05) is 42.6 Å². The molecular weight excluding hydrogens is 357 g/mol. The summed E-state index contributed by atoms with van der Waals surface area (Å²) in [4.78, 5) is 15.0. The smallest absolute Gasteiger partial charge is 0.312 e. The predicted octanol–water partition coefficient (Wildman–Crippen LogP) is 2.74. The van der Waals surface area contributed by atoms with E-state index in [2.05, 4.69) is 51.8 Å². The summed E-state index contributed by atoms with van der Waals surface area (Å²) in [5.41, 5.74) is 3.26. The van der Waals surface area contributed by atoms with Crippen LogP contribution in [0.3, 0.4) is 0 Å². The van der Waals surface area contributed by atoms with Crippen LogP contribution in [0.2, 0.25) is 0 Å². The number of carbonyl (C=O) groups excluding carboxylic acids is 1. The minimum Gasteiger partial charge on any atom is -0.427 e. The van der Waals surface area contributed by atoms with Crippen molar-refractivity contribution in [3.8, 4) is 0 Å². The van der Waals surface area contributed by atoms with E-state index in [0.717, 1.165) is 43.6 Å². The van der Waals surface area contributed by atoms with Gasteiger partial charge in [0.2, 0.25) is 0 Å². The van der Waals surface area contributed by atoms with Gasteiger partial charge in [-0.05, 0) is 55.3 Å². The fraction of sp³-hybridized carbons (Fsp3) is 0.292. The standard InChI is InChI=1S/C24H28BN3O/c29-24(22-8-10-23(11-9-22)25-14-4-5-15-27-25)26-16-12-21-13-17-28(19-21)18-20-6-2-1-3-7-20/h1-11,14-15,21,27H,12-13,16-19H2,(H,26,29). The Hall–Kier alpha value is -2.79. The Morgan fingerprint density at radius 3 is 2.69 bits per heavy atom. The van der Waals surface area contributed by atoms with Gasteiger partial charge in [0, 0.05) is 25.2 Å². The largest absolute Gasteiger partial charge is 0.427 e. The summed E-state index contributed by atoms with van der Waals surface area (Å²) in [6.45, 7) is 4.21. The van der Waals surface area contributed by atoms with Crippen molar-refractivity contribution in [2.24, 2.45) is 5.92 Å². The first-order valence-electron chi connectivity index (χ1n) is 10.5. The number of nitrogens with one attached hydrogen (secondary N) is 2. The summed E-state index contributed by atoms with van der Waals surface area (Å²) in [6, 6.07) is 18.5. The molecule has 1 fully saturated rings. The number of hydrogen-bond acceptors (Lipinski definition) is 3. The maximum atomic E-state index is 12.4. The van der Waals surface area contributed by atoms with Crippen molar-refractivity contribution < 1.29 is 4.79 Å². The van der Waals surface area contributed by atoms with Crippen LogP contribution in [-0.4, -0.2) is 37.3 Å². The number of nitrogens with zero attached hydrogens (tertiary/aromatic N) is 1. The Kier molecular flexibility index (Phi) is 6.47. The molecule has 0 saturated carbocycles. The summed E-state index contributed by atoms with van der Waals surface area (Å²) < 4.78 is 0. The van der Waals surface area contributed by atoms with Crippen molar-refractivity contribution in [3.05, 3.63) is 90.1 Å². The normalized spacial score (nSPS) is 18.6. The van der Waals surface area contributed by atoms with Gasteiger partial charge in [-0.1, -0.05) is 60.0 Å². The maximum Gasteiger partial charge on any atom is 0.312 e. The summed E-state index contributed by atoms with van der Waals surface area (Å²) in [7, 11) is 0. The third kappa shape index (κ3) is 5.39. The molecule has 0 radical (unpaired) electrons. The van der Waals surface area contributed by atoms with Crippen molar-refractivity contribution in [2.75, 3.05) is 19.6 Å². The molecule has 1 atom stereocenters. The fourth-order valence-corrected chi connectivity index (χ4v) is 4.12. The van der Waals surface area contributed by atoms with Gasteiger partial charge in [-0.15, -0.1) is 0 Å². The van der Waals surface area contributed by atoms with Gasteiger partial charge in [0.05, 0.1) is 0 Å². The number of allylic oxidation sites excluding steroid dienone is 2. The molecular formula is C24H28BN3O. The second kappa shape index (κ2) is 9.61. The third-order valence-electron chi connectivity index (χ3n) is 5.78. The Morgan fingerprint density at radius 2 is 1.93 bits per heavy atom. The monoisotopic (exact) mass is 385 g/mol. The van der Waals surface area contributed by atoms with Crippen LogP contribution in [0.4, 0.5) is 0 Å². The van der Waals surface area contributed by atoms with Gasteiger partial charge in [-0.25, -0.2) is 0 Å². The maximum absolute atomic E-state index is 12.4. The molecule has 0 spiro atoms. The lowest BCUT2D eigenvalue weighted by Gasteiger charge is -2.16. The quantitative estimate of drug-likeness (QED) is 0.721. The Balaban J connectivity index is 1.19. The molecule has 4 rings (SSSR count). The van der Waals surface area contributed by atoms with Gasteiger partial charge in [-0.3, -0.25) is 9.69 Å². The molecule has 2 N–H and O–H groups in total. The van der Waals surface area contributed by atoms with E-state index in [-0.39, 0.29) is 12.8 Å². The van der Waals surface area contributed by atoms with Gasteiger partial charge >= 0.3 is 6.85 Å². The van der Waals surface area contributed by atoms with Gasteiger partial charge in [0.15, 0.2) is 0 Å². The lowest BCUT2D eigenvalue weighted by Crippen LogP contribution is -2.41. The Labute approximate surface area is 173 Å². The summed E-state index contributed by atoms with van der Waals surface area (Å²) >= 11 is 0. The molecule has 4 nitrogen and oxygen atoms in total. The van der Waals surface area contributed by atoms with Crippen molar-refractivity contribution in [3.63, 3.8) is 0 Å². The van der Waals surface area contributed by atoms with Crippen molar-refractivity contribution in [1.29, 1.82) is 0 Å². The van der Waals surface area contributed by atoms with E-state index < -0.39 is 0 Å². The van der Waals surface area contributed by atoms with Crippen LogP contribution < -0.4 is 16.0 Å². The number of amides is 1.